The molecular formula is C25H28BrNO6. The fourth-order valence-corrected chi connectivity index (χ4v) is 5.75. The first-order chi connectivity index (χ1) is 15.7. The van der Waals surface area contributed by atoms with Crippen LogP contribution in [0.2, 0.25) is 0 Å². The second-order valence-electron chi connectivity index (χ2n) is 9.89. The molecule has 8 heteroatoms. The molecule has 0 bridgehead atoms. The standard InChI is InChI=1S/C25H28BrNO6/c1-13-21(24(29)31-11-14-5-4-6-30-14)22(15-7-19-20(8-16(15)26)33-12-32-19)23-17(27-13)9-25(2,3)10-18(23)28/h7-8,14,22,27H,4-6,9-12H2,1-3H3/t14-,22+/m1/s1. The molecule has 3 heterocycles. The topological polar surface area (TPSA) is 83.1 Å². The zero-order valence-electron chi connectivity index (χ0n) is 19.1. The van der Waals surface area contributed by atoms with E-state index >= 15 is 0 Å². The van der Waals surface area contributed by atoms with E-state index in [1.807, 2.05) is 19.1 Å². The van der Waals surface area contributed by atoms with Crippen LogP contribution in [0.5, 0.6) is 11.5 Å². The van der Waals surface area contributed by atoms with Gasteiger partial charge in [0.05, 0.1) is 11.7 Å². The molecule has 33 heavy (non-hydrogen) atoms. The van der Waals surface area contributed by atoms with E-state index in [9.17, 15) is 9.59 Å². The molecule has 2 atom stereocenters. The Kier molecular flexibility index (Phi) is 5.77. The Morgan fingerprint density at radius 2 is 2.00 bits per heavy atom. The van der Waals surface area contributed by atoms with Crippen molar-refractivity contribution in [3.8, 4) is 11.5 Å². The highest BCUT2D eigenvalue weighted by atomic mass is 79.9. The molecule has 1 aliphatic carbocycles. The fourth-order valence-electron chi connectivity index (χ4n) is 5.19. The maximum atomic E-state index is 13.5. The van der Waals surface area contributed by atoms with Gasteiger partial charge in [0.25, 0.3) is 0 Å². The van der Waals surface area contributed by atoms with Crippen LogP contribution < -0.4 is 14.8 Å². The minimum absolute atomic E-state index is 0.0419. The SMILES string of the molecule is CC1=C(C(=O)OC[C@H]2CCCO2)[C@H](c2cc3c(cc2Br)OCO3)C2=C(CC(C)(C)CC2=O)N1. The van der Waals surface area contributed by atoms with Gasteiger partial charge in [-0.25, -0.2) is 4.79 Å². The summed E-state index contributed by atoms with van der Waals surface area (Å²) in [5.74, 6) is 0.274. The average molecular weight is 518 g/mol. The number of rotatable bonds is 4. The highest BCUT2D eigenvalue weighted by Crippen LogP contribution is 2.50. The molecule has 1 aromatic carbocycles. The second-order valence-corrected chi connectivity index (χ2v) is 10.7. The third-order valence-corrected chi connectivity index (χ3v) is 7.37. The van der Waals surface area contributed by atoms with Crippen molar-refractivity contribution in [2.75, 3.05) is 20.0 Å². The summed E-state index contributed by atoms with van der Waals surface area (Å²) in [6.45, 7) is 7.09. The molecule has 4 aliphatic rings. The first-order valence-corrected chi connectivity index (χ1v) is 12.1. The van der Waals surface area contributed by atoms with Crippen LogP contribution in [0.15, 0.2) is 39.1 Å². The lowest BCUT2D eigenvalue weighted by atomic mass is 9.68. The molecule has 3 aliphatic heterocycles. The number of dihydropyridines is 1. The normalized spacial score (nSPS) is 25.8. The predicted octanol–water partition coefficient (Wildman–Crippen LogP) is 4.50. The molecular weight excluding hydrogens is 490 g/mol. The largest absolute Gasteiger partial charge is 0.459 e. The van der Waals surface area contributed by atoms with E-state index in [0.29, 0.717) is 41.4 Å². The lowest BCUT2D eigenvalue weighted by molar-refractivity contribution is -0.142. The van der Waals surface area contributed by atoms with Gasteiger partial charge in [0.15, 0.2) is 17.3 Å². The van der Waals surface area contributed by atoms with Gasteiger partial charge in [0, 0.05) is 40.4 Å². The maximum Gasteiger partial charge on any atom is 0.336 e. The van der Waals surface area contributed by atoms with Gasteiger partial charge in [0.1, 0.15) is 6.61 Å². The Hall–Kier alpha value is -2.32. The summed E-state index contributed by atoms with van der Waals surface area (Å²) < 4.78 is 23.2. The van der Waals surface area contributed by atoms with Gasteiger partial charge >= 0.3 is 5.97 Å². The van der Waals surface area contributed by atoms with Crippen LogP contribution in [0, 0.1) is 5.41 Å². The molecule has 0 unspecified atom stereocenters. The third-order valence-electron chi connectivity index (χ3n) is 6.69. The number of fused-ring (bicyclic) bond motifs is 1. The second kappa shape index (κ2) is 8.47. The molecule has 1 saturated heterocycles. The molecule has 0 saturated carbocycles. The number of hydrogen-bond acceptors (Lipinski definition) is 7. The summed E-state index contributed by atoms with van der Waals surface area (Å²) in [6.07, 6.45) is 2.92. The summed E-state index contributed by atoms with van der Waals surface area (Å²) in [5, 5.41) is 3.37. The fraction of sp³-hybridized carbons (Fsp3) is 0.520. The zero-order valence-corrected chi connectivity index (χ0v) is 20.7. The van der Waals surface area contributed by atoms with Crippen molar-refractivity contribution in [2.45, 2.75) is 58.5 Å². The number of ketones is 1. The van der Waals surface area contributed by atoms with Crippen molar-refractivity contribution in [3.05, 3.63) is 44.7 Å². The van der Waals surface area contributed by atoms with E-state index in [-0.39, 0.29) is 30.7 Å². The Bertz CT molecular complexity index is 1080. The van der Waals surface area contributed by atoms with E-state index in [1.165, 1.54) is 0 Å². The molecule has 1 N–H and O–H groups in total. The molecule has 0 spiro atoms. The highest BCUT2D eigenvalue weighted by molar-refractivity contribution is 9.10. The lowest BCUT2D eigenvalue weighted by Crippen LogP contribution is -2.39. The number of allylic oxidation sites excluding steroid dienone is 3. The Balaban J connectivity index is 1.57. The van der Waals surface area contributed by atoms with Crippen LogP contribution in [0.3, 0.4) is 0 Å². The summed E-state index contributed by atoms with van der Waals surface area (Å²) >= 11 is 3.65. The quantitative estimate of drug-likeness (QED) is 0.588. The van der Waals surface area contributed by atoms with Crippen LogP contribution in [-0.2, 0) is 19.1 Å². The lowest BCUT2D eigenvalue weighted by Gasteiger charge is -2.39. The molecule has 1 fully saturated rings. The number of carbonyl (C=O) groups is 2. The van der Waals surface area contributed by atoms with Gasteiger partial charge in [-0.15, -0.1) is 0 Å². The number of carbonyl (C=O) groups excluding carboxylic acids is 2. The minimum atomic E-state index is -0.564. The minimum Gasteiger partial charge on any atom is -0.459 e. The van der Waals surface area contributed by atoms with E-state index in [1.54, 1.807) is 0 Å². The van der Waals surface area contributed by atoms with Gasteiger partial charge in [0.2, 0.25) is 6.79 Å². The van der Waals surface area contributed by atoms with E-state index in [0.717, 1.165) is 35.0 Å². The Labute approximate surface area is 201 Å². The van der Waals surface area contributed by atoms with Gasteiger partial charge in [-0.2, -0.15) is 0 Å². The molecule has 0 aromatic heterocycles. The summed E-state index contributed by atoms with van der Waals surface area (Å²) in [4.78, 5) is 26.9. The molecule has 7 nitrogen and oxygen atoms in total. The molecule has 176 valence electrons. The van der Waals surface area contributed by atoms with Crippen LogP contribution in [0.1, 0.15) is 57.9 Å². The average Bonchev–Trinajstić information content (AvgIpc) is 3.41. The maximum absolute atomic E-state index is 13.5. The Morgan fingerprint density at radius 3 is 2.73 bits per heavy atom. The van der Waals surface area contributed by atoms with Crippen LogP contribution >= 0.6 is 15.9 Å². The number of halogens is 1. The van der Waals surface area contributed by atoms with Crippen molar-refractivity contribution in [3.63, 3.8) is 0 Å². The van der Waals surface area contributed by atoms with Gasteiger partial charge in [-0.05, 0) is 49.3 Å². The smallest absolute Gasteiger partial charge is 0.336 e. The van der Waals surface area contributed by atoms with Gasteiger partial charge < -0.3 is 24.3 Å². The van der Waals surface area contributed by atoms with E-state index in [2.05, 4.69) is 35.1 Å². The molecule has 1 aromatic rings. The number of esters is 1. The summed E-state index contributed by atoms with van der Waals surface area (Å²) in [6, 6.07) is 3.70. The first kappa shape index (κ1) is 22.5. The van der Waals surface area contributed by atoms with Gasteiger partial charge in [-0.3, -0.25) is 4.79 Å². The number of benzene rings is 1. The molecule has 0 amide bonds. The van der Waals surface area contributed by atoms with E-state index < -0.39 is 11.9 Å². The van der Waals surface area contributed by atoms with Crippen molar-refractivity contribution in [1.29, 1.82) is 0 Å². The van der Waals surface area contributed by atoms with Crippen LogP contribution in [0.4, 0.5) is 0 Å². The number of ether oxygens (including phenoxy) is 4. The number of Topliss-reactive ketones (excluding diaryl/α,β-unsaturated/α-hetero) is 1. The first-order valence-electron chi connectivity index (χ1n) is 11.4. The molecule has 5 rings (SSSR count). The molecule has 0 radical (unpaired) electrons. The Morgan fingerprint density at radius 1 is 1.24 bits per heavy atom. The van der Waals surface area contributed by atoms with Crippen molar-refractivity contribution < 1.29 is 28.5 Å². The predicted molar refractivity (Wildman–Crippen MR) is 124 cm³/mol. The monoisotopic (exact) mass is 517 g/mol. The van der Waals surface area contributed by atoms with E-state index in [4.69, 9.17) is 18.9 Å². The third kappa shape index (κ3) is 4.19. The van der Waals surface area contributed by atoms with Crippen LogP contribution in [0.25, 0.3) is 0 Å². The number of nitrogens with one attached hydrogen (secondary N) is 1. The highest BCUT2D eigenvalue weighted by Gasteiger charge is 2.44. The van der Waals surface area contributed by atoms with Crippen LogP contribution in [-0.4, -0.2) is 37.9 Å². The zero-order chi connectivity index (χ0) is 23.3. The van der Waals surface area contributed by atoms with Crippen molar-refractivity contribution in [1.82, 2.24) is 5.32 Å². The van der Waals surface area contributed by atoms with Crippen molar-refractivity contribution >= 4 is 27.7 Å². The van der Waals surface area contributed by atoms with Crippen molar-refractivity contribution in [2.24, 2.45) is 5.41 Å². The van der Waals surface area contributed by atoms with Gasteiger partial charge in [-0.1, -0.05) is 29.8 Å². The number of hydrogen-bond donors (Lipinski definition) is 1. The summed E-state index contributed by atoms with van der Waals surface area (Å²) in [5.41, 5.74) is 3.27. The summed E-state index contributed by atoms with van der Waals surface area (Å²) in [7, 11) is 0.